The summed E-state index contributed by atoms with van der Waals surface area (Å²) in [6.07, 6.45) is 6.07. The average molecular weight is 490 g/mol. The number of nitrogens with zero attached hydrogens (tertiary/aromatic N) is 4. The SMILES string of the molecule is Cn1c(=O)c(C#N)c(NC2CCC(/C(=N/OCC3CC3)c3ccccc3)CC2)c2nc(Cl)ccc21. The summed E-state index contributed by atoms with van der Waals surface area (Å²) in [5.74, 6) is 0.943. The van der Waals surface area contributed by atoms with E-state index in [1.165, 1.54) is 17.4 Å². The molecule has 0 spiro atoms. The highest BCUT2D eigenvalue weighted by molar-refractivity contribution is 6.29. The minimum absolute atomic E-state index is 0.0666. The number of benzene rings is 1. The number of anilines is 1. The summed E-state index contributed by atoms with van der Waals surface area (Å²) < 4.78 is 1.45. The van der Waals surface area contributed by atoms with Crippen molar-refractivity contribution < 1.29 is 4.84 Å². The highest BCUT2D eigenvalue weighted by atomic mass is 35.5. The van der Waals surface area contributed by atoms with Gasteiger partial charge in [0.15, 0.2) is 0 Å². The number of fused-ring (bicyclic) bond motifs is 1. The zero-order chi connectivity index (χ0) is 24.4. The van der Waals surface area contributed by atoms with Crippen LogP contribution in [0.1, 0.15) is 49.7 Å². The first-order chi connectivity index (χ1) is 17.0. The third-order valence-electron chi connectivity index (χ3n) is 7.02. The molecule has 2 fully saturated rings. The minimum atomic E-state index is -0.341. The predicted molar refractivity (Wildman–Crippen MR) is 138 cm³/mol. The third kappa shape index (κ3) is 5.03. The number of rotatable bonds is 7. The summed E-state index contributed by atoms with van der Waals surface area (Å²) in [5.41, 5.74) is 3.49. The second-order valence-corrected chi connectivity index (χ2v) is 9.89. The van der Waals surface area contributed by atoms with Crippen molar-refractivity contribution in [3.05, 3.63) is 69.1 Å². The lowest BCUT2D eigenvalue weighted by molar-refractivity contribution is 0.132. The first-order valence-electron chi connectivity index (χ1n) is 12.2. The summed E-state index contributed by atoms with van der Waals surface area (Å²) in [5, 5.41) is 18.1. The van der Waals surface area contributed by atoms with E-state index in [0.29, 0.717) is 34.4 Å². The van der Waals surface area contributed by atoms with Gasteiger partial charge in [0.2, 0.25) is 0 Å². The van der Waals surface area contributed by atoms with Gasteiger partial charge in [0.25, 0.3) is 5.56 Å². The molecule has 0 bridgehead atoms. The number of hydrogen-bond acceptors (Lipinski definition) is 6. The van der Waals surface area contributed by atoms with E-state index in [0.717, 1.165) is 37.0 Å². The molecule has 35 heavy (non-hydrogen) atoms. The molecule has 7 nitrogen and oxygen atoms in total. The smallest absolute Gasteiger partial charge is 0.270 e. The summed E-state index contributed by atoms with van der Waals surface area (Å²) in [7, 11) is 1.64. The van der Waals surface area contributed by atoms with Gasteiger partial charge >= 0.3 is 0 Å². The van der Waals surface area contributed by atoms with Crippen LogP contribution in [0.4, 0.5) is 5.69 Å². The van der Waals surface area contributed by atoms with Crippen LogP contribution in [0.5, 0.6) is 0 Å². The normalized spacial score (nSPS) is 20.4. The summed E-state index contributed by atoms with van der Waals surface area (Å²) in [6, 6.07) is 15.8. The van der Waals surface area contributed by atoms with E-state index >= 15 is 0 Å². The van der Waals surface area contributed by atoms with Gasteiger partial charge in [0, 0.05) is 19.0 Å². The van der Waals surface area contributed by atoms with Gasteiger partial charge < -0.3 is 14.7 Å². The Hall–Kier alpha value is -3.37. The fourth-order valence-corrected chi connectivity index (χ4v) is 4.96. The monoisotopic (exact) mass is 489 g/mol. The Balaban J connectivity index is 1.36. The number of nitrogens with one attached hydrogen (secondary N) is 1. The first-order valence-corrected chi connectivity index (χ1v) is 12.5. The topological polar surface area (TPSA) is 92.3 Å². The van der Waals surface area contributed by atoms with Gasteiger partial charge in [-0.15, -0.1) is 0 Å². The highest BCUT2D eigenvalue weighted by Gasteiger charge is 2.28. The van der Waals surface area contributed by atoms with Gasteiger partial charge in [0.05, 0.1) is 16.9 Å². The number of oxime groups is 1. The van der Waals surface area contributed by atoms with Gasteiger partial charge in [-0.3, -0.25) is 4.79 Å². The molecule has 0 radical (unpaired) electrons. The zero-order valence-corrected chi connectivity index (χ0v) is 20.5. The van der Waals surface area contributed by atoms with Crippen LogP contribution in [-0.4, -0.2) is 27.9 Å². The molecular formula is C27H28ClN5O2. The maximum atomic E-state index is 12.8. The molecule has 180 valence electrons. The molecule has 2 aliphatic rings. The van der Waals surface area contributed by atoms with Gasteiger partial charge in [-0.25, -0.2) is 4.98 Å². The number of halogens is 1. The summed E-state index contributed by atoms with van der Waals surface area (Å²) >= 11 is 6.16. The Morgan fingerprint density at radius 2 is 1.91 bits per heavy atom. The van der Waals surface area contributed by atoms with Crippen LogP contribution in [-0.2, 0) is 11.9 Å². The number of aromatic nitrogens is 2. The molecule has 8 heteroatoms. The quantitative estimate of drug-likeness (QED) is 0.277. The predicted octanol–water partition coefficient (Wildman–Crippen LogP) is 5.26. The van der Waals surface area contributed by atoms with Crippen molar-refractivity contribution in [2.75, 3.05) is 11.9 Å². The first kappa shape index (κ1) is 23.4. The van der Waals surface area contributed by atoms with E-state index in [9.17, 15) is 10.1 Å². The van der Waals surface area contributed by atoms with Crippen LogP contribution in [0.15, 0.2) is 52.4 Å². The maximum absolute atomic E-state index is 12.8. The third-order valence-corrected chi connectivity index (χ3v) is 7.23. The standard InChI is InChI=1S/C27H28ClN5O2/c1-33-22-13-14-23(28)31-26(22)25(21(15-29)27(33)34)30-20-11-9-19(10-12-20)24(18-5-3-2-4-6-18)32-35-16-17-7-8-17/h2-6,13-14,17,19-20,30H,7-12,16H2,1H3/b32-24+. The lowest BCUT2D eigenvalue weighted by Gasteiger charge is -2.31. The molecule has 2 aliphatic carbocycles. The van der Waals surface area contributed by atoms with Gasteiger partial charge in [-0.1, -0.05) is 47.1 Å². The van der Waals surface area contributed by atoms with Crippen molar-refractivity contribution in [2.24, 2.45) is 24.0 Å². The maximum Gasteiger partial charge on any atom is 0.270 e. The van der Waals surface area contributed by atoms with Crippen molar-refractivity contribution in [3.8, 4) is 6.07 Å². The lowest BCUT2D eigenvalue weighted by atomic mass is 9.81. The van der Waals surface area contributed by atoms with Crippen LogP contribution in [0.3, 0.4) is 0 Å². The largest absolute Gasteiger partial charge is 0.395 e. The van der Waals surface area contributed by atoms with Crippen molar-refractivity contribution in [3.63, 3.8) is 0 Å². The Labute approximate surface area is 209 Å². The molecule has 0 aliphatic heterocycles. The minimum Gasteiger partial charge on any atom is -0.395 e. The molecule has 1 aromatic carbocycles. The van der Waals surface area contributed by atoms with E-state index in [-0.39, 0.29) is 23.1 Å². The average Bonchev–Trinajstić information content (AvgIpc) is 3.71. The Morgan fingerprint density at radius 3 is 2.60 bits per heavy atom. The molecule has 2 aromatic heterocycles. The van der Waals surface area contributed by atoms with Crippen LogP contribution in [0, 0.1) is 23.2 Å². The Kier molecular flexibility index (Phi) is 6.74. The molecule has 1 N–H and O–H groups in total. The molecule has 0 saturated heterocycles. The van der Waals surface area contributed by atoms with E-state index in [1.54, 1.807) is 19.2 Å². The van der Waals surface area contributed by atoms with Crippen molar-refractivity contribution in [1.29, 1.82) is 5.26 Å². The van der Waals surface area contributed by atoms with Crippen molar-refractivity contribution >= 4 is 34.0 Å². The fraction of sp³-hybridized carbons (Fsp3) is 0.407. The molecule has 5 rings (SSSR count). The molecule has 0 unspecified atom stereocenters. The molecule has 2 saturated carbocycles. The van der Waals surface area contributed by atoms with Gasteiger partial charge in [0.1, 0.15) is 28.9 Å². The van der Waals surface area contributed by atoms with Gasteiger partial charge in [-0.2, -0.15) is 5.26 Å². The Morgan fingerprint density at radius 1 is 1.17 bits per heavy atom. The van der Waals surface area contributed by atoms with Crippen LogP contribution >= 0.6 is 11.6 Å². The number of aryl methyl sites for hydroxylation is 1. The second kappa shape index (κ2) is 10.1. The van der Waals surface area contributed by atoms with Gasteiger partial charge in [-0.05, 0) is 62.1 Å². The molecule has 0 atom stereocenters. The lowest BCUT2D eigenvalue weighted by Crippen LogP contribution is -2.32. The highest BCUT2D eigenvalue weighted by Crippen LogP contribution is 2.33. The van der Waals surface area contributed by atoms with E-state index in [4.69, 9.17) is 16.4 Å². The Bertz CT molecular complexity index is 1350. The zero-order valence-electron chi connectivity index (χ0n) is 19.7. The molecule has 0 amide bonds. The van der Waals surface area contributed by atoms with E-state index in [2.05, 4.69) is 33.7 Å². The summed E-state index contributed by atoms with van der Waals surface area (Å²) in [6.45, 7) is 0.690. The van der Waals surface area contributed by atoms with E-state index in [1.807, 2.05) is 18.2 Å². The van der Waals surface area contributed by atoms with Crippen molar-refractivity contribution in [1.82, 2.24) is 9.55 Å². The number of nitriles is 1. The molecule has 2 heterocycles. The van der Waals surface area contributed by atoms with E-state index < -0.39 is 0 Å². The van der Waals surface area contributed by atoms with Crippen LogP contribution in [0.2, 0.25) is 5.15 Å². The number of pyridine rings is 2. The van der Waals surface area contributed by atoms with Crippen LogP contribution in [0.25, 0.3) is 11.0 Å². The second-order valence-electron chi connectivity index (χ2n) is 9.50. The molecular weight excluding hydrogens is 462 g/mol. The van der Waals surface area contributed by atoms with Crippen LogP contribution < -0.4 is 10.9 Å². The molecule has 3 aromatic rings. The van der Waals surface area contributed by atoms with Crippen molar-refractivity contribution in [2.45, 2.75) is 44.6 Å². The fourth-order valence-electron chi connectivity index (χ4n) is 4.81. The summed E-state index contributed by atoms with van der Waals surface area (Å²) in [4.78, 5) is 23.0. The number of hydrogen-bond donors (Lipinski definition) is 1.